The standard InChI is InChI=1S/C37H53N3O10/c1-7-40-17-34(18-50-32(43)20-10-8-9-11-23(20)39-31(42)19(2)14-26(38)41)13-12-25(47-4)36-22-15-21-24(46-3)16-35(44,27(22)28(21)48-5)37(45,33(36)40)30(49-6)29(34)36/h8-11,19,21-22,24-25,27-30,33,44-45H,7,12-18H2,1-6H3,(H2,38,41)(H,39,42)/t19-,21-,22-,24+,25+,27-,28+,29-,30+,33+,34+,35-,36+,37-/m1/s1. The number of nitrogens with two attached hydrogens (primary N) is 1. The second kappa shape index (κ2) is 12.5. The minimum Gasteiger partial charge on any atom is -0.461 e. The van der Waals surface area contributed by atoms with Crippen LogP contribution in [0.15, 0.2) is 24.3 Å². The molecular formula is C37H53N3O10. The molecule has 13 nitrogen and oxygen atoms in total. The first-order valence-corrected chi connectivity index (χ1v) is 18.0. The van der Waals surface area contributed by atoms with Crippen molar-refractivity contribution in [3.05, 3.63) is 29.8 Å². The van der Waals surface area contributed by atoms with Gasteiger partial charge in [0.05, 0.1) is 48.3 Å². The van der Waals surface area contributed by atoms with E-state index in [9.17, 15) is 24.6 Å². The maximum atomic E-state index is 14.0. The Labute approximate surface area is 293 Å². The SMILES string of the molecule is CCN1C[C@]2(COC(=O)c3ccccc3NC(=O)[C@H](C)CC(N)=O)CC[C@H](OC)[C@@]34[C@@H]5C[C@H]6[C@H](OC)[C@@H]5[C@](O)(C[C@@H]6OC)[C@@](O)([C@@H](OC)[C@H]23)[C@@H]14. The summed E-state index contributed by atoms with van der Waals surface area (Å²) in [6.07, 6.45) is 0.586. The third kappa shape index (κ3) is 4.46. The predicted molar refractivity (Wildman–Crippen MR) is 180 cm³/mol. The lowest BCUT2D eigenvalue weighted by molar-refractivity contribution is -0.320. The third-order valence-electron chi connectivity index (χ3n) is 14.2. The van der Waals surface area contributed by atoms with E-state index in [-0.39, 0.29) is 72.7 Å². The van der Waals surface area contributed by atoms with Gasteiger partial charge in [-0.2, -0.15) is 0 Å². The number of anilines is 1. The smallest absolute Gasteiger partial charge is 0.340 e. The Morgan fingerprint density at radius 3 is 2.46 bits per heavy atom. The fraction of sp³-hybridized carbons (Fsp3) is 0.757. The summed E-state index contributed by atoms with van der Waals surface area (Å²) in [4.78, 5) is 40.5. The van der Waals surface area contributed by atoms with Gasteiger partial charge in [0.1, 0.15) is 11.2 Å². The largest absolute Gasteiger partial charge is 0.461 e. The van der Waals surface area contributed by atoms with Gasteiger partial charge < -0.3 is 44.9 Å². The van der Waals surface area contributed by atoms with Crippen molar-refractivity contribution in [1.82, 2.24) is 4.90 Å². The van der Waals surface area contributed by atoms with Crippen molar-refractivity contribution in [1.29, 1.82) is 0 Å². The van der Waals surface area contributed by atoms with Gasteiger partial charge in [0.15, 0.2) is 0 Å². The number of aliphatic hydroxyl groups is 2. The van der Waals surface area contributed by atoms with Crippen LogP contribution in [0.3, 0.4) is 0 Å². The van der Waals surface area contributed by atoms with Crippen molar-refractivity contribution in [2.45, 2.75) is 87.6 Å². The molecule has 5 saturated carbocycles. The second-order valence-corrected chi connectivity index (χ2v) is 15.9. The molecule has 1 aromatic carbocycles. The molecule has 14 atom stereocenters. The van der Waals surface area contributed by atoms with E-state index in [0.29, 0.717) is 25.9 Å². The number of fused-ring (bicyclic) bond motifs is 2. The van der Waals surface area contributed by atoms with Gasteiger partial charge in [0.2, 0.25) is 11.8 Å². The Bertz CT molecular complexity index is 1530. The van der Waals surface area contributed by atoms with E-state index in [2.05, 4.69) is 17.1 Å². The fourth-order valence-corrected chi connectivity index (χ4v) is 12.7. The number of likely N-dealkylation sites (N-methyl/N-ethyl adjacent to an activating group) is 1. The third-order valence-corrected chi connectivity index (χ3v) is 14.2. The highest BCUT2D eigenvalue weighted by molar-refractivity contribution is 6.02. The number of benzene rings is 1. The molecule has 1 aromatic rings. The normalized spacial score (nSPS) is 44.4. The molecule has 2 amide bonds. The number of ether oxygens (including phenoxy) is 5. The minimum atomic E-state index is -1.70. The molecule has 6 aliphatic rings. The molecule has 1 spiro atoms. The summed E-state index contributed by atoms with van der Waals surface area (Å²) in [6.45, 7) is 4.84. The predicted octanol–water partition coefficient (Wildman–Crippen LogP) is 1.59. The van der Waals surface area contributed by atoms with Crippen molar-refractivity contribution < 1.29 is 48.3 Å². The Kier molecular flexibility index (Phi) is 8.93. The van der Waals surface area contributed by atoms with E-state index < -0.39 is 57.9 Å². The molecule has 6 fully saturated rings. The first-order valence-electron chi connectivity index (χ1n) is 18.0. The minimum absolute atomic E-state index is 0.0402. The van der Waals surface area contributed by atoms with E-state index in [1.807, 2.05) is 0 Å². The Hall–Kier alpha value is -2.65. The van der Waals surface area contributed by atoms with Gasteiger partial charge in [-0.15, -0.1) is 0 Å². The summed E-state index contributed by atoms with van der Waals surface area (Å²) >= 11 is 0. The zero-order valence-electron chi connectivity index (χ0n) is 29.9. The summed E-state index contributed by atoms with van der Waals surface area (Å²) in [5.74, 6) is -3.02. The molecule has 5 aliphatic carbocycles. The lowest BCUT2D eigenvalue weighted by Crippen LogP contribution is -2.82. The van der Waals surface area contributed by atoms with E-state index in [0.717, 1.165) is 6.42 Å². The molecule has 1 heterocycles. The molecule has 0 radical (unpaired) electrons. The second-order valence-electron chi connectivity index (χ2n) is 15.9. The average molecular weight is 700 g/mol. The van der Waals surface area contributed by atoms with Gasteiger partial charge in [-0.25, -0.2) is 4.79 Å². The van der Waals surface area contributed by atoms with Crippen LogP contribution in [0.1, 0.15) is 56.3 Å². The van der Waals surface area contributed by atoms with Crippen molar-refractivity contribution in [3.8, 4) is 0 Å². The Morgan fingerprint density at radius 2 is 1.82 bits per heavy atom. The van der Waals surface area contributed by atoms with Crippen molar-refractivity contribution >= 4 is 23.5 Å². The molecule has 50 heavy (non-hydrogen) atoms. The highest BCUT2D eigenvalue weighted by Crippen LogP contribution is 2.80. The molecule has 7 rings (SSSR count). The molecule has 5 N–H and O–H groups in total. The van der Waals surface area contributed by atoms with Crippen LogP contribution in [0.5, 0.6) is 0 Å². The number of piperidine rings is 1. The van der Waals surface area contributed by atoms with Crippen LogP contribution in [-0.2, 0) is 33.3 Å². The number of nitrogens with zero attached hydrogens (tertiary/aromatic N) is 1. The number of likely N-dealkylation sites (tertiary alicyclic amines) is 1. The van der Waals surface area contributed by atoms with Crippen LogP contribution in [-0.4, -0.2) is 123 Å². The van der Waals surface area contributed by atoms with E-state index in [4.69, 9.17) is 29.4 Å². The van der Waals surface area contributed by atoms with Crippen LogP contribution < -0.4 is 11.1 Å². The number of carbonyl (C=O) groups excluding carboxylic acids is 3. The molecule has 7 bridgehead atoms. The van der Waals surface area contributed by atoms with Gasteiger partial charge in [0.25, 0.3) is 0 Å². The highest BCUT2D eigenvalue weighted by atomic mass is 16.5. The monoisotopic (exact) mass is 699 g/mol. The summed E-state index contributed by atoms with van der Waals surface area (Å²) in [5, 5.41) is 29.3. The van der Waals surface area contributed by atoms with Gasteiger partial charge in [-0.3, -0.25) is 14.5 Å². The molecular weight excluding hydrogens is 646 g/mol. The van der Waals surface area contributed by atoms with Crippen LogP contribution in [0.25, 0.3) is 0 Å². The van der Waals surface area contributed by atoms with Gasteiger partial charge in [-0.05, 0) is 43.9 Å². The lowest BCUT2D eigenvalue weighted by Gasteiger charge is -2.70. The first kappa shape index (κ1) is 35.7. The number of esters is 1. The van der Waals surface area contributed by atoms with Crippen LogP contribution in [0, 0.1) is 40.4 Å². The number of rotatable bonds is 12. The molecule has 13 heteroatoms. The maximum absolute atomic E-state index is 14.0. The van der Waals surface area contributed by atoms with Gasteiger partial charge >= 0.3 is 5.97 Å². The fourth-order valence-electron chi connectivity index (χ4n) is 12.7. The van der Waals surface area contributed by atoms with E-state index >= 15 is 0 Å². The van der Waals surface area contributed by atoms with Crippen LogP contribution in [0.4, 0.5) is 5.69 Å². The number of methoxy groups -OCH3 is 4. The number of nitrogens with one attached hydrogen (secondary N) is 1. The first-order chi connectivity index (χ1) is 23.8. The van der Waals surface area contributed by atoms with Crippen LogP contribution >= 0.6 is 0 Å². The molecule has 0 unspecified atom stereocenters. The zero-order chi connectivity index (χ0) is 36.0. The summed E-state index contributed by atoms with van der Waals surface area (Å²) in [7, 11) is 6.69. The summed E-state index contributed by atoms with van der Waals surface area (Å²) in [6, 6.07) is 6.16. The number of hydrogen-bond donors (Lipinski definition) is 4. The van der Waals surface area contributed by atoms with Gasteiger partial charge in [0, 0.05) is 82.3 Å². The molecule has 276 valence electrons. The van der Waals surface area contributed by atoms with Crippen molar-refractivity contribution in [2.75, 3.05) is 53.5 Å². The molecule has 0 aromatic heterocycles. The highest BCUT2D eigenvalue weighted by Gasteiger charge is 2.91. The number of carbonyl (C=O) groups is 3. The number of para-hydroxylation sites is 1. The summed E-state index contributed by atoms with van der Waals surface area (Å²) < 4.78 is 31.3. The summed E-state index contributed by atoms with van der Waals surface area (Å²) in [5.41, 5.74) is 1.21. The van der Waals surface area contributed by atoms with E-state index in [1.165, 1.54) is 0 Å². The van der Waals surface area contributed by atoms with Crippen molar-refractivity contribution in [3.63, 3.8) is 0 Å². The molecule has 1 saturated heterocycles. The Balaban J connectivity index is 1.29. The van der Waals surface area contributed by atoms with Crippen molar-refractivity contribution in [2.24, 2.45) is 46.2 Å². The van der Waals surface area contributed by atoms with Crippen LogP contribution in [0.2, 0.25) is 0 Å². The maximum Gasteiger partial charge on any atom is 0.340 e. The van der Waals surface area contributed by atoms with Gasteiger partial charge in [-0.1, -0.05) is 26.0 Å². The zero-order valence-corrected chi connectivity index (χ0v) is 29.9. The number of hydrogen-bond acceptors (Lipinski definition) is 11. The Morgan fingerprint density at radius 1 is 1.08 bits per heavy atom. The topological polar surface area (TPSA) is 179 Å². The lowest BCUT2D eigenvalue weighted by atomic mass is 9.42. The quantitative estimate of drug-likeness (QED) is 0.233. The number of primary amides is 1. The molecule has 1 aliphatic heterocycles. The van der Waals surface area contributed by atoms with E-state index in [1.54, 1.807) is 59.6 Å². The average Bonchev–Trinajstić information content (AvgIpc) is 3.52. The number of amides is 2.